The maximum atomic E-state index is 10.9. The molecular formula is C13H10N6O3. The molecule has 2 heterocycles. The van der Waals surface area contributed by atoms with Gasteiger partial charge in [0.05, 0.1) is 23.8 Å². The quantitative estimate of drug-likeness (QED) is 0.576. The molecule has 3 rings (SSSR count). The first-order valence-corrected chi connectivity index (χ1v) is 6.20. The molecule has 22 heavy (non-hydrogen) atoms. The predicted molar refractivity (Wildman–Crippen MR) is 76.1 cm³/mol. The molecule has 0 radical (unpaired) electrons. The van der Waals surface area contributed by atoms with Crippen LogP contribution in [0.4, 0.5) is 5.69 Å². The largest absolute Gasteiger partial charge is 0.496 e. The second-order valence-corrected chi connectivity index (χ2v) is 4.24. The Morgan fingerprint density at radius 1 is 1.32 bits per heavy atom. The van der Waals surface area contributed by atoms with Gasteiger partial charge in [0.15, 0.2) is 11.6 Å². The van der Waals surface area contributed by atoms with Crippen molar-refractivity contribution < 1.29 is 9.66 Å². The lowest BCUT2D eigenvalue weighted by molar-refractivity contribution is -0.384. The number of nitro groups is 1. The summed E-state index contributed by atoms with van der Waals surface area (Å²) < 4.78 is 5.20. The van der Waals surface area contributed by atoms with Gasteiger partial charge in [-0.05, 0) is 6.07 Å². The van der Waals surface area contributed by atoms with Gasteiger partial charge in [-0.3, -0.25) is 20.2 Å². The van der Waals surface area contributed by atoms with Gasteiger partial charge in [-0.25, -0.2) is 9.97 Å². The van der Waals surface area contributed by atoms with E-state index in [1.807, 2.05) is 0 Å². The van der Waals surface area contributed by atoms with Crippen molar-refractivity contribution in [3.63, 3.8) is 0 Å². The van der Waals surface area contributed by atoms with E-state index in [2.05, 4.69) is 25.1 Å². The number of benzene rings is 1. The zero-order valence-electron chi connectivity index (χ0n) is 11.4. The Morgan fingerprint density at radius 3 is 2.86 bits per heavy atom. The molecule has 0 atom stereocenters. The van der Waals surface area contributed by atoms with E-state index in [0.29, 0.717) is 22.8 Å². The molecule has 0 bridgehead atoms. The smallest absolute Gasteiger partial charge is 0.270 e. The Hall–Kier alpha value is -3.36. The summed E-state index contributed by atoms with van der Waals surface area (Å²) in [5, 5.41) is 17.7. The highest BCUT2D eigenvalue weighted by Crippen LogP contribution is 2.31. The van der Waals surface area contributed by atoms with Gasteiger partial charge in [0.2, 0.25) is 0 Å². The van der Waals surface area contributed by atoms with Crippen molar-refractivity contribution in [2.45, 2.75) is 0 Å². The van der Waals surface area contributed by atoms with Gasteiger partial charge in [-0.1, -0.05) is 0 Å². The van der Waals surface area contributed by atoms with E-state index >= 15 is 0 Å². The molecule has 9 heteroatoms. The van der Waals surface area contributed by atoms with Crippen LogP contribution in [0.25, 0.3) is 22.9 Å². The summed E-state index contributed by atoms with van der Waals surface area (Å²) in [5.74, 6) is 1.13. The van der Waals surface area contributed by atoms with Gasteiger partial charge < -0.3 is 4.74 Å². The summed E-state index contributed by atoms with van der Waals surface area (Å²) in [6.07, 6.45) is 4.62. The molecule has 0 amide bonds. The monoisotopic (exact) mass is 298 g/mol. The van der Waals surface area contributed by atoms with Crippen LogP contribution in [0.1, 0.15) is 0 Å². The fourth-order valence-electron chi connectivity index (χ4n) is 1.90. The Bertz CT molecular complexity index is 818. The number of methoxy groups -OCH3 is 1. The number of non-ortho nitro benzene ring substituents is 1. The molecule has 2 aromatic heterocycles. The first-order valence-electron chi connectivity index (χ1n) is 6.20. The number of aromatic amines is 1. The molecule has 0 aliphatic carbocycles. The first kappa shape index (κ1) is 13.6. The van der Waals surface area contributed by atoms with Gasteiger partial charge in [0.25, 0.3) is 5.69 Å². The van der Waals surface area contributed by atoms with E-state index in [1.165, 1.54) is 37.7 Å². The normalized spacial score (nSPS) is 10.4. The number of aromatic nitrogens is 5. The van der Waals surface area contributed by atoms with Gasteiger partial charge >= 0.3 is 0 Å². The number of nitrogens with zero attached hydrogens (tertiary/aromatic N) is 5. The Balaban J connectivity index is 2.06. The van der Waals surface area contributed by atoms with Crippen molar-refractivity contribution in [1.29, 1.82) is 0 Å². The van der Waals surface area contributed by atoms with Gasteiger partial charge in [-0.2, -0.15) is 5.10 Å². The topological polar surface area (TPSA) is 120 Å². The van der Waals surface area contributed by atoms with Crippen LogP contribution in [0.15, 0.2) is 36.8 Å². The summed E-state index contributed by atoms with van der Waals surface area (Å²) >= 11 is 0. The van der Waals surface area contributed by atoms with Gasteiger partial charge in [-0.15, -0.1) is 0 Å². The molecule has 0 aliphatic rings. The average molecular weight is 298 g/mol. The molecule has 0 saturated heterocycles. The third kappa shape index (κ3) is 2.46. The second-order valence-electron chi connectivity index (χ2n) is 4.24. The van der Waals surface area contributed by atoms with Crippen LogP contribution in [-0.4, -0.2) is 37.2 Å². The maximum absolute atomic E-state index is 10.9. The Labute approximate surface area is 124 Å². The van der Waals surface area contributed by atoms with Gasteiger partial charge in [0.1, 0.15) is 11.4 Å². The fourth-order valence-corrected chi connectivity index (χ4v) is 1.90. The highest BCUT2D eigenvalue weighted by molar-refractivity contribution is 5.68. The number of nitro benzene ring substituents is 1. The van der Waals surface area contributed by atoms with Crippen LogP contribution in [-0.2, 0) is 0 Å². The molecule has 1 aromatic carbocycles. The highest BCUT2D eigenvalue weighted by Gasteiger charge is 2.17. The standard InChI is InChI=1S/C13H10N6O3/c1-22-11-3-2-8(19(20)21)6-9(11)12-16-13(18-17-12)10-7-14-4-5-15-10/h2-7H,1H3,(H,16,17,18). The number of H-pyrrole nitrogens is 1. The molecule has 0 fully saturated rings. The number of rotatable bonds is 4. The summed E-state index contributed by atoms with van der Waals surface area (Å²) in [5.41, 5.74) is 0.871. The lowest BCUT2D eigenvalue weighted by Crippen LogP contribution is -1.93. The minimum atomic E-state index is -0.487. The molecule has 110 valence electrons. The first-order chi connectivity index (χ1) is 10.7. The maximum Gasteiger partial charge on any atom is 0.270 e. The van der Waals surface area contributed by atoms with Crippen LogP contribution >= 0.6 is 0 Å². The van der Waals surface area contributed by atoms with E-state index in [1.54, 1.807) is 6.20 Å². The number of hydrogen-bond acceptors (Lipinski definition) is 7. The lowest BCUT2D eigenvalue weighted by Gasteiger charge is -2.04. The Morgan fingerprint density at radius 2 is 2.18 bits per heavy atom. The van der Waals surface area contributed by atoms with Crippen molar-refractivity contribution >= 4 is 5.69 Å². The van der Waals surface area contributed by atoms with Crippen molar-refractivity contribution in [1.82, 2.24) is 25.1 Å². The fraction of sp³-hybridized carbons (Fsp3) is 0.0769. The predicted octanol–water partition coefficient (Wildman–Crippen LogP) is 1.85. The second kappa shape index (κ2) is 5.56. The molecule has 1 N–H and O–H groups in total. The SMILES string of the molecule is COc1ccc([N+](=O)[O-])cc1-c1n[nH]c(-c2cnccn2)n1. The molecule has 0 unspecified atom stereocenters. The van der Waals surface area contributed by atoms with Gasteiger partial charge in [0, 0.05) is 24.5 Å². The van der Waals surface area contributed by atoms with Crippen molar-refractivity contribution in [3.8, 4) is 28.7 Å². The van der Waals surface area contributed by atoms with Crippen LogP contribution < -0.4 is 4.74 Å². The summed E-state index contributed by atoms with van der Waals surface area (Å²) in [4.78, 5) is 22.8. The molecule has 0 saturated carbocycles. The molecule has 3 aromatic rings. The molecule has 0 aliphatic heterocycles. The zero-order chi connectivity index (χ0) is 15.5. The molecule has 9 nitrogen and oxygen atoms in total. The minimum Gasteiger partial charge on any atom is -0.496 e. The van der Waals surface area contributed by atoms with E-state index in [-0.39, 0.29) is 11.5 Å². The lowest BCUT2D eigenvalue weighted by atomic mass is 10.1. The van der Waals surface area contributed by atoms with E-state index in [9.17, 15) is 10.1 Å². The van der Waals surface area contributed by atoms with Crippen molar-refractivity contribution in [2.75, 3.05) is 7.11 Å². The van der Waals surface area contributed by atoms with Crippen LogP contribution in [0.5, 0.6) is 5.75 Å². The van der Waals surface area contributed by atoms with E-state index < -0.39 is 4.92 Å². The number of nitrogens with one attached hydrogen (secondary N) is 1. The highest BCUT2D eigenvalue weighted by atomic mass is 16.6. The van der Waals surface area contributed by atoms with E-state index in [0.717, 1.165) is 0 Å². The van der Waals surface area contributed by atoms with Crippen molar-refractivity contribution in [3.05, 3.63) is 46.9 Å². The van der Waals surface area contributed by atoms with E-state index in [4.69, 9.17) is 4.74 Å². The number of ether oxygens (including phenoxy) is 1. The summed E-state index contributed by atoms with van der Waals surface area (Å²) in [6, 6.07) is 4.23. The Kier molecular flexibility index (Phi) is 3.44. The average Bonchev–Trinajstić information content (AvgIpc) is 3.05. The van der Waals surface area contributed by atoms with Crippen LogP contribution in [0.2, 0.25) is 0 Å². The third-order valence-electron chi connectivity index (χ3n) is 2.93. The molecule has 0 spiro atoms. The summed E-state index contributed by atoms with van der Waals surface area (Å²) in [7, 11) is 1.47. The minimum absolute atomic E-state index is 0.0679. The number of hydrogen-bond donors (Lipinski definition) is 1. The van der Waals surface area contributed by atoms with Crippen LogP contribution in [0.3, 0.4) is 0 Å². The van der Waals surface area contributed by atoms with Crippen LogP contribution in [0, 0.1) is 10.1 Å². The zero-order valence-corrected chi connectivity index (χ0v) is 11.4. The molecular weight excluding hydrogens is 288 g/mol. The third-order valence-corrected chi connectivity index (χ3v) is 2.93. The summed E-state index contributed by atoms with van der Waals surface area (Å²) in [6.45, 7) is 0. The van der Waals surface area contributed by atoms with Crippen molar-refractivity contribution in [2.24, 2.45) is 0 Å².